The van der Waals surface area contributed by atoms with Crippen LogP contribution in [0.5, 0.6) is 0 Å². The summed E-state index contributed by atoms with van der Waals surface area (Å²) in [5, 5.41) is 0. The number of nitrogens with two attached hydrogens (primary N) is 1. The average Bonchev–Trinajstić information content (AvgIpc) is 3.33. The van der Waals surface area contributed by atoms with Gasteiger partial charge in [-0.3, -0.25) is 18.6 Å². The highest BCUT2D eigenvalue weighted by Gasteiger charge is 2.26. The summed E-state index contributed by atoms with van der Waals surface area (Å²) in [4.78, 5) is 35.0. The van der Waals surface area contributed by atoms with Crippen LogP contribution in [0.3, 0.4) is 0 Å². The maximum Gasteiger partial charge on any atom is 0.472 e. The third-order valence-electron chi connectivity index (χ3n) is 13.1. The molecule has 0 aliphatic rings. The molecular formula is C58H112NO8P. The molecule has 0 rings (SSSR count). The fraction of sp³-hybridized carbons (Fsp3) is 0.897. The molecule has 0 heterocycles. The molecule has 0 aromatic heterocycles. The fourth-order valence-corrected chi connectivity index (χ4v) is 9.45. The van der Waals surface area contributed by atoms with Gasteiger partial charge in [0.1, 0.15) is 6.61 Å². The summed E-state index contributed by atoms with van der Waals surface area (Å²) in [6, 6.07) is 0. The molecule has 2 unspecified atom stereocenters. The number of carbonyl (C=O) groups excluding carboxylic acids is 2. The van der Waals surface area contributed by atoms with Crippen LogP contribution in [-0.2, 0) is 32.7 Å². The fourth-order valence-electron chi connectivity index (χ4n) is 8.69. The highest BCUT2D eigenvalue weighted by Crippen LogP contribution is 2.43. The topological polar surface area (TPSA) is 134 Å². The van der Waals surface area contributed by atoms with Crippen LogP contribution in [-0.4, -0.2) is 49.3 Å². The zero-order valence-corrected chi connectivity index (χ0v) is 45.8. The highest BCUT2D eigenvalue weighted by atomic mass is 31.2. The lowest BCUT2D eigenvalue weighted by atomic mass is 10.0. The van der Waals surface area contributed by atoms with Gasteiger partial charge in [0.15, 0.2) is 6.10 Å². The van der Waals surface area contributed by atoms with E-state index < -0.39 is 26.5 Å². The maximum absolute atomic E-state index is 12.7. The first-order valence-corrected chi connectivity index (χ1v) is 30.8. The first-order chi connectivity index (χ1) is 33.3. The van der Waals surface area contributed by atoms with Crippen molar-refractivity contribution in [2.24, 2.45) is 5.73 Å². The van der Waals surface area contributed by atoms with Crippen molar-refractivity contribution >= 4 is 19.8 Å². The zero-order chi connectivity index (χ0) is 49.5. The van der Waals surface area contributed by atoms with Crippen LogP contribution >= 0.6 is 7.82 Å². The van der Waals surface area contributed by atoms with Gasteiger partial charge in [0.2, 0.25) is 0 Å². The first kappa shape index (κ1) is 66.5. The van der Waals surface area contributed by atoms with Crippen molar-refractivity contribution in [3.63, 3.8) is 0 Å². The van der Waals surface area contributed by atoms with E-state index in [1.54, 1.807) is 0 Å². The lowest BCUT2D eigenvalue weighted by Crippen LogP contribution is -2.29. The number of hydrogen-bond donors (Lipinski definition) is 2. The number of hydrogen-bond acceptors (Lipinski definition) is 8. The molecule has 2 atom stereocenters. The Labute approximate surface area is 421 Å². The number of phosphoric ester groups is 1. The molecule has 0 radical (unpaired) electrons. The molecule has 9 nitrogen and oxygen atoms in total. The van der Waals surface area contributed by atoms with Crippen molar-refractivity contribution in [1.29, 1.82) is 0 Å². The second-order valence-electron chi connectivity index (χ2n) is 19.9. The number of carbonyl (C=O) groups is 2. The smallest absolute Gasteiger partial charge is 0.462 e. The van der Waals surface area contributed by atoms with Gasteiger partial charge in [-0.25, -0.2) is 4.57 Å². The Morgan fingerprint density at radius 1 is 0.426 bits per heavy atom. The van der Waals surface area contributed by atoms with Gasteiger partial charge in [-0.05, 0) is 64.2 Å². The van der Waals surface area contributed by atoms with Crippen molar-refractivity contribution in [3.05, 3.63) is 24.3 Å². The normalized spacial score (nSPS) is 13.2. The number of ether oxygens (including phenoxy) is 2. The summed E-state index contributed by atoms with van der Waals surface area (Å²) >= 11 is 0. The van der Waals surface area contributed by atoms with Gasteiger partial charge in [0.05, 0.1) is 13.2 Å². The van der Waals surface area contributed by atoms with Crippen molar-refractivity contribution in [3.8, 4) is 0 Å². The largest absolute Gasteiger partial charge is 0.472 e. The SMILES string of the molecule is CCCCC/C=C\CCCCCCCC(=O)OCC(COP(=O)(O)OCCN)OC(=O)CCCCCCCCCCCCCCCCCCCCCCCCC/C=C\CCCCCCCCCC. The van der Waals surface area contributed by atoms with Gasteiger partial charge >= 0.3 is 19.8 Å². The van der Waals surface area contributed by atoms with Crippen LogP contribution in [0.25, 0.3) is 0 Å². The van der Waals surface area contributed by atoms with Gasteiger partial charge in [-0.1, -0.05) is 250 Å². The average molecular weight is 983 g/mol. The van der Waals surface area contributed by atoms with Crippen LogP contribution in [0.2, 0.25) is 0 Å². The Balaban J connectivity index is 3.76. The first-order valence-electron chi connectivity index (χ1n) is 29.3. The number of esters is 2. The van der Waals surface area contributed by atoms with Crippen LogP contribution in [0.15, 0.2) is 24.3 Å². The Bertz CT molecular complexity index is 1170. The van der Waals surface area contributed by atoms with Crippen LogP contribution in [0.1, 0.15) is 303 Å². The monoisotopic (exact) mass is 982 g/mol. The van der Waals surface area contributed by atoms with Crippen LogP contribution < -0.4 is 5.73 Å². The van der Waals surface area contributed by atoms with Gasteiger partial charge < -0.3 is 20.1 Å². The van der Waals surface area contributed by atoms with Gasteiger partial charge in [0, 0.05) is 19.4 Å². The molecule has 0 saturated carbocycles. The number of unbranched alkanes of at least 4 members (excludes halogenated alkanes) is 39. The summed E-state index contributed by atoms with van der Waals surface area (Å²) in [6.07, 6.45) is 64.1. The predicted molar refractivity (Wildman–Crippen MR) is 289 cm³/mol. The highest BCUT2D eigenvalue weighted by molar-refractivity contribution is 7.47. The number of allylic oxidation sites excluding steroid dienone is 4. The Hall–Kier alpha value is -1.51. The molecule has 0 aromatic carbocycles. The predicted octanol–water partition coefficient (Wildman–Crippen LogP) is 18.2. The molecule has 402 valence electrons. The molecule has 0 bridgehead atoms. The summed E-state index contributed by atoms with van der Waals surface area (Å²) in [7, 11) is -4.38. The molecular weight excluding hydrogens is 870 g/mol. The molecule has 0 spiro atoms. The van der Waals surface area contributed by atoms with E-state index in [9.17, 15) is 19.0 Å². The second-order valence-corrected chi connectivity index (χ2v) is 21.3. The second kappa shape index (κ2) is 54.8. The van der Waals surface area contributed by atoms with Crippen LogP contribution in [0, 0.1) is 0 Å². The maximum atomic E-state index is 12.7. The quantitative estimate of drug-likeness (QED) is 0.0264. The van der Waals surface area contributed by atoms with Crippen molar-refractivity contribution in [2.45, 2.75) is 309 Å². The van der Waals surface area contributed by atoms with E-state index >= 15 is 0 Å². The molecule has 10 heteroatoms. The van der Waals surface area contributed by atoms with E-state index in [-0.39, 0.29) is 38.6 Å². The molecule has 3 N–H and O–H groups in total. The minimum Gasteiger partial charge on any atom is -0.462 e. The summed E-state index contributed by atoms with van der Waals surface area (Å²) < 4.78 is 32.9. The number of phosphoric acid groups is 1. The molecule has 0 saturated heterocycles. The van der Waals surface area contributed by atoms with Crippen molar-refractivity contribution in [1.82, 2.24) is 0 Å². The number of rotatable bonds is 56. The summed E-state index contributed by atoms with van der Waals surface area (Å²) in [6.45, 7) is 3.74. The van der Waals surface area contributed by atoms with E-state index in [2.05, 4.69) is 38.2 Å². The van der Waals surface area contributed by atoms with Crippen molar-refractivity contribution < 1.29 is 37.6 Å². The van der Waals surface area contributed by atoms with Gasteiger partial charge in [-0.2, -0.15) is 0 Å². The van der Waals surface area contributed by atoms with E-state index in [0.717, 1.165) is 51.4 Å². The Morgan fingerprint density at radius 2 is 0.721 bits per heavy atom. The molecule has 0 fully saturated rings. The van der Waals surface area contributed by atoms with Crippen molar-refractivity contribution in [2.75, 3.05) is 26.4 Å². The summed E-state index contributed by atoms with van der Waals surface area (Å²) in [5.41, 5.74) is 5.37. The molecule has 0 aromatic rings. The van der Waals surface area contributed by atoms with Gasteiger partial charge in [0.25, 0.3) is 0 Å². The van der Waals surface area contributed by atoms with Crippen LogP contribution in [0.4, 0.5) is 0 Å². The summed E-state index contributed by atoms with van der Waals surface area (Å²) in [5.74, 6) is -0.825. The lowest BCUT2D eigenvalue weighted by Gasteiger charge is -2.19. The van der Waals surface area contributed by atoms with E-state index in [1.165, 1.54) is 218 Å². The molecule has 0 aliphatic carbocycles. The third kappa shape index (κ3) is 53.8. The van der Waals surface area contributed by atoms with E-state index in [4.69, 9.17) is 24.3 Å². The van der Waals surface area contributed by atoms with Gasteiger partial charge in [-0.15, -0.1) is 0 Å². The van der Waals surface area contributed by atoms with E-state index in [1.807, 2.05) is 0 Å². The zero-order valence-electron chi connectivity index (χ0n) is 44.9. The lowest BCUT2D eigenvalue weighted by molar-refractivity contribution is -0.161. The minimum absolute atomic E-state index is 0.0546. The molecule has 68 heavy (non-hydrogen) atoms. The van der Waals surface area contributed by atoms with E-state index in [0.29, 0.717) is 6.42 Å². The minimum atomic E-state index is -4.38. The Morgan fingerprint density at radius 3 is 1.07 bits per heavy atom. The molecule has 0 aliphatic heterocycles. The third-order valence-corrected chi connectivity index (χ3v) is 14.0. The Kier molecular flexibility index (Phi) is 53.6. The molecule has 0 amide bonds. The standard InChI is InChI=1S/C58H112NO8P/c1-3-5-7-9-11-13-15-17-18-19-20-21-22-23-24-25-26-27-28-29-30-31-32-33-34-35-36-37-38-39-41-43-45-47-49-51-58(61)67-56(55-66-68(62,63)65-53-52-59)54-64-57(60)50-48-46-44-42-40-16-14-12-10-8-6-4-2/h12,14,19-20,56H,3-11,13,15-18,21-55,59H2,1-2H3,(H,62,63)/b14-12-,20-19-.